The largest absolute Gasteiger partial charge is 0.508 e. The highest BCUT2D eigenvalue weighted by atomic mass is 19.1. The number of carbonyl (C=O) groups is 2. The Kier molecular flexibility index (Phi) is 15.4. The molecule has 1 N–H and O–H groups in total. The Morgan fingerprint density at radius 3 is 2.32 bits per heavy atom. The number of terminal acetylenes is 1. The van der Waals surface area contributed by atoms with Crippen LogP contribution >= 0.6 is 0 Å². The summed E-state index contributed by atoms with van der Waals surface area (Å²) in [6, 6.07) is 4.67. The van der Waals surface area contributed by atoms with Gasteiger partial charge in [-0.3, -0.25) is 19.6 Å². The number of hydrogen-bond donors (Lipinski definition) is 1. The van der Waals surface area contributed by atoms with Gasteiger partial charge >= 0.3 is 18.1 Å². The quantitative estimate of drug-likeness (QED) is 0.0371. The molecule has 0 spiro atoms. The minimum absolute atomic E-state index is 0.0790. The topological polar surface area (TPSA) is 130 Å². The number of hydrogen-bond acceptors (Lipinski definition) is 11. The third kappa shape index (κ3) is 10.4. The highest BCUT2D eigenvalue weighted by Gasteiger charge is 2.50. The number of halogens is 3. The van der Waals surface area contributed by atoms with E-state index in [0.717, 1.165) is 38.6 Å². The molecule has 4 aliphatic heterocycles. The molecule has 354 valence electrons. The van der Waals surface area contributed by atoms with Crippen LogP contribution in [0.3, 0.4) is 0 Å². The van der Waals surface area contributed by atoms with Crippen molar-refractivity contribution in [3.8, 4) is 35.4 Å². The van der Waals surface area contributed by atoms with Crippen LogP contribution < -0.4 is 9.64 Å². The van der Waals surface area contributed by atoms with E-state index in [1.165, 1.54) is 94.7 Å². The lowest BCUT2D eigenvalue weighted by molar-refractivity contribution is -0.152. The van der Waals surface area contributed by atoms with E-state index >= 15 is 8.78 Å². The second kappa shape index (κ2) is 21.5. The number of alkyl halides is 1. The number of nitrogens with zero attached hydrogens (tertiary/aromatic N) is 6. The standard InChI is InChI=1S/C51H63F3N6O6/c1-3-5-6-7-8-9-10-11-12-13-14-15-16-18-43(62)65-33-66-50(63)60-36-20-21-37(60)31-58(30-36)48-41-28-55-46(40-26-38(61)25-34-19-22-42(53)39(4-2)44(34)40)45(54)47(41)56-49(57-48)64-32-51-23-17-24-59(51)29-35(52)27-51/h2,19,22,25-26,28,35-37,61H,3,5-18,20-21,23-24,27,29-33H2,1H3/t35-,36?,37?,51+/m1/s1. The number of aromatic nitrogens is 3. The predicted octanol–water partition coefficient (Wildman–Crippen LogP) is 10.5. The highest BCUT2D eigenvalue weighted by molar-refractivity contribution is 6.03. The van der Waals surface area contributed by atoms with Crippen molar-refractivity contribution in [2.24, 2.45) is 0 Å². The minimum Gasteiger partial charge on any atom is -0.508 e. The van der Waals surface area contributed by atoms with Crippen molar-refractivity contribution >= 4 is 39.6 Å². The molecule has 0 radical (unpaired) electrons. The van der Waals surface area contributed by atoms with Crippen LogP contribution in [-0.4, -0.2) is 105 Å². The zero-order valence-electron chi connectivity index (χ0n) is 38.2. The number of amides is 1. The van der Waals surface area contributed by atoms with E-state index in [1.807, 2.05) is 4.90 Å². The average Bonchev–Trinajstić information content (AvgIpc) is 3.93. The van der Waals surface area contributed by atoms with Crippen LogP contribution in [0.25, 0.3) is 32.9 Å². The number of anilines is 1. The molecule has 0 saturated carbocycles. The summed E-state index contributed by atoms with van der Waals surface area (Å²) < 4.78 is 64.0. The van der Waals surface area contributed by atoms with Gasteiger partial charge < -0.3 is 24.2 Å². The monoisotopic (exact) mass is 912 g/mol. The van der Waals surface area contributed by atoms with Crippen molar-refractivity contribution in [1.29, 1.82) is 0 Å². The lowest BCUT2D eigenvalue weighted by Gasteiger charge is -2.41. The summed E-state index contributed by atoms with van der Waals surface area (Å²) in [6.07, 6.45) is 25.0. The molecule has 8 rings (SSSR count). The Morgan fingerprint density at radius 1 is 0.924 bits per heavy atom. The van der Waals surface area contributed by atoms with Crippen LogP contribution in [0.15, 0.2) is 30.5 Å². The number of pyridine rings is 1. The Balaban J connectivity index is 0.925. The van der Waals surface area contributed by atoms with Crippen LogP contribution in [0.1, 0.15) is 134 Å². The second-order valence-electron chi connectivity index (χ2n) is 18.8. The van der Waals surface area contributed by atoms with Gasteiger partial charge in [0, 0.05) is 49.6 Å². The number of piperazine rings is 1. The number of ether oxygens (including phenoxy) is 3. The normalized spacial score (nSPS) is 21.4. The van der Waals surface area contributed by atoms with Gasteiger partial charge in [0.1, 0.15) is 41.4 Å². The molecule has 66 heavy (non-hydrogen) atoms. The molecule has 4 aromatic rings. The fraction of sp³-hybridized carbons (Fsp3) is 0.588. The summed E-state index contributed by atoms with van der Waals surface area (Å²) in [7, 11) is 0. The van der Waals surface area contributed by atoms with Gasteiger partial charge in [-0.1, -0.05) is 96.0 Å². The summed E-state index contributed by atoms with van der Waals surface area (Å²) in [5.74, 6) is 0.574. The number of esters is 1. The van der Waals surface area contributed by atoms with Crippen molar-refractivity contribution in [3.63, 3.8) is 0 Å². The van der Waals surface area contributed by atoms with Crippen LogP contribution in [0.2, 0.25) is 0 Å². The maximum Gasteiger partial charge on any atom is 0.413 e. The Hall–Kier alpha value is -5.36. The van der Waals surface area contributed by atoms with Crippen LogP contribution in [0.4, 0.5) is 23.8 Å². The van der Waals surface area contributed by atoms with Gasteiger partial charge in [-0.05, 0) is 62.2 Å². The number of unbranched alkanes of at least 4 members (excludes halogenated alkanes) is 12. The fourth-order valence-corrected chi connectivity index (χ4v) is 10.9. The summed E-state index contributed by atoms with van der Waals surface area (Å²) in [6.45, 7) is 3.61. The number of phenols is 1. The molecule has 4 atom stereocenters. The van der Waals surface area contributed by atoms with E-state index in [9.17, 15) is 19.1 Å². The molecule has 2 bridgehead atoms. The molecular formula is C51H63F3N6O6. The van der Waals surface area contributed by atoms with E-state index in [1.54, 1.807) is 4.90 Å². The molecule has 15 heteroatoms. The maximum atomic E-state index is 17.2. The van der Waals surface area contributed by atoms with Crippen molar-refractivity contribution in [3.05, 3.63) is 47.7 Å². The summed E-state index contributed by atoms with van der Waals surface area (Å²) in [4.78, 5) is 45.6. The summed E-state index contributed by atoms with van der Waals surface area (Å²) in [5, 5.41) is 11.6. The lowest BCUT2D eigenvalue weighted by Crippen LogP contribution is -2.56. The van der Waals surface area contributed by atoms with Gasteiger partial charge in [0.2, 0.25) is 6.79 Å². The number of benzene rings is 2. The average molecular weight is 913 g/mol. The predicted molar refractivity (Wildman–Crippen MR) is 247 cm³/mol. The molecular weight excluding hydrogens is 850 g/mol. The van der Waals surface area contributed by atoms with E-state index < -0.39 is 42.2 Å². The Morgan fingerprint density at radius 2 is 1.62 bits per heavy atom. The zero-order chi connectivity index (χ0) is 46.2. The lowest BCUT2D eigenvalue weighted by atomic mass is 9.95. The van der Waals surface area contributed by atoms with E-state index in [-0.39, 0.29) is 70.0 Å². The molecule has 1 amide bonds. The molecule has 2 aromatic carbocycles. The maximum absolute atomic E-state index is 17.2. The zero-order valence-corrected chi connectivity index (χ0v) is 38.2. The van der Waals surface area contributed by atoms with Crippen molar-refractivity contribution in [2.75, 3.05) is 44.5 Å². The molecule has 2 unspecified atom stereocenters. The number of fused-ring (bicyclic) bond motifs is 5. The Labute approximate surface area is 385 Å². The smallest absolute Gasteiger partial charge is 0.413 e. The highest BCUT2D eigenvalue weighted by Crippen LogP contribution is 2.43. The van der Waals surface area contributed by atoms with Gasteiger partial charge in [0.25, 0.3) is 0 Å². The fourth-order valence-electron chi connectivity index (χ4n) is 10.9. The summed E-state index contributed by atoms with van der Waals surface area (Å²) in [5.41, 5.74) is -0.887. The number of aromatic hydroxyl groups is 1. The van der Waals surface area contributed by atoms with Gasteiger partial charge in [0.05, 0.1) is 28.6 Å². The third-order valence-electron chi connectivity index (χ3n) is 14.2. The van der Waals surface area contributed by atoms with Crippen LogP contribution in [0.5, 0.6) is 11.8 Å². The third-order valence-corrected chi connectivity index (χ3v) is 14.2. The van der Waals surface area contributed by atoms with Crippen LogP contribution in [-0.2, 0) is 14.3 Å². The number of carbonyl (C=O) groups excluding carboxylic acids is 2. The minimum atomic E-state index is -0.984. The van der Waals surface area contributed by atoms with Crippen molar-refractivity contribution in [1.82, 2.24) is 24.8 Å². The second-order valence-corrected chi connectivity index (χ2v) is 18.8. The van der Waals surface area contributed by atoms with E-state index in [4.69, 9.17) is 25.6 Å². The van der Waals surface area contributed by atoms with E-state index in [0.29, 0.717) is 50.1 Å². The first-order valence-corrected chi connectivity index (χ1v) is 24.2. The van der Waals surface area contributed by atoms with E-state index in [2.05, 4.69) is 27.7 Å². The number of rotatable bonds is 21. The summed E-state index contributed by atoms with van der Waals surface area (Å²) >= 11 is 0. The molecule has 4 aliphatic rings. The SMILES string of the molecule is C#Cc1c(F)ccc2cc(O)cc(-c3ncc4c(N5CC6CCC(C5)N6C(=O)OCOC(=O)CCCCCCCCCCCCCCC)nc(OC[C@@]56CCCN5C[C@H](F)C6)nc4c3F)c12. The molecule has 4 saturated heterocycles. The number of phenolic OH excluding ortho intramolecular Hbond substituents is 1. The van der Waals surface area contributed by atoms with Gasteiger partial charge in [0.15, 0.2) is 5.82 Å². The molecule has 2 aromatic heterocycles. The van der Waals surface area contributed by atoms with Crippen molar-refractivity contribution in [2.45, 2.75) is 153 Å². The molecule has 12 nitrogen and oxygen atoms in total. The van der Waals surface area contributed by atoms with Crippen molar-refractivity contribution < 1.29 is 42.1 Å². The first-order chi connectivity index (χ1) is 32.1. The first-order valence-electron chi connectivity index (χ1n) is 24.2. The Bertz CT molecular complexity index is 2400. The molecule has 6 heterocycles. The molecule has 0 aliphatic carbocycles. The van der Waals surface area contributed by atoms with Gasteiger partial charge in [-0.25, -0.2) is 18.0 Å². The van der Waals surface area contributed by atoms with Gasteiger partial charge in [-0.15, -0.1) is 6.42 Å². The molecule has 4 fully saturated rings. The first kappa shape index (κ1) is 47.1. The van der Waals surface area contributed by atoms with Gasteiger partial charge in [-0.2, -0.15) is 9.97 Å². The van der Waals surface area contributed by atoms with Crippen LogP contribution in [0, 0.1) is 24.0 Å².